The minimum absolute atomic E-state index is 0.583. The van der Waals surface area contributed by atoms with Crippen molar-refractivity contribution in [2.45, 2.75) is 12.8 Å². The van der Waals surface area contributed by atoms with Crippen LogP contribution in [0.4, 0.5) is 0 Å². The van der Waals surface area contributed by atoms with Crippen molar-refractivity contribution in [3.63, 3.8) is 0 Å². The molecule has 0 N–H and O–H groups in total. The molecule has 0 saturated heterocycles. The molecular formula is C11H12O. The lowest BCUT2D eigenvalue weighted by atomic mass is 9.60. The van der Waals surface area contributed by atoms with E-state index in [2.05, 4.69) is 0 Å². The van der Waals surface area contributed by atoms with Crippen molar-refractivity contribution < 1.29 is 4.79 Å². The van der Waals surface area contributed by atoms with Gasteiger partial charge in [-0.1, -0.05) is 0 Å². The third-order valence-corrected chi connectivity index (χ3v) is 6.02. The summed E-state index contributed by atoms with van der Waals surface area (Å²) < 4.78 is 0. The first kappa shape index (κ1) is 5.41. The van der Waals surface area contributed by atoms with Gasteiger partial charge < -0.3 is 0 Å². The van der Waals surface area contributed by atoms with Crippen molar-refractivity contribution in [3.05, 3.63) is 0 Å². The van der Waals surface area contributed by atoms with Gasteiger partial charge in [-0.05, 0) is 48.3 Å². The largest absolute Gasteiger partial charge is 0.299 e. The van der Waals surface area contributed by atoms with Crippen LogP contribution >= 0.6 is 0 Å². The van der Waals surface area contributed by atoms with E-state index in [4.69, 9.17) is 0 Å². The van der Waals surface area contributed by atoms with E-state index in [9.17, 15) is 4.79 Å². The van der Waals surface area contributed by atoms with Crippen LogP contribution in [0, 0.1) is 47.3 Å². The maximum absolute atomic E-state index is 11.9. The summed E-state index contributed by atoms with van der Waals surface area (Å²) in [4.78, 5) is 11.9. The van der Waals surface area contributed by atoms with Crippen LogP contribution in [0.5, 0.6) is 0 Å². The second-order valence-electron chi connectivity index (χ2n) is 5.74. The number of carbonyl (C=O) groups excluding carboxylic acids is 1. The van der Waals surface area contributed by atoms with E-state index in [-0.39, 0.29) is 0 Å². The molecule has 5 saturated carbocycles. The minimum Gasteiger partial charge on any atom is -0.299 e. The van der Waals surface area contributed by atoms with Crippen LogP contribution in [-0.4, -0.2) is 5.78 Å². The number of rotatable bonds is 0. The molecule has 5 aliphatic rings. The highest BCUT2D eigenvalue weighted by molar-refractivity contribution is 5.91. The quantitative estimate of drug-likeness (QED) is 0.522. The Bertz CT molecular complexity index is 315. The molecule has 0 aromatic rings. The molecule has 0 aliphatic heterocycles. The summed E-state index contributed by atoms with van der Waals surface area (Å²) in [5.41, 5.74) is 0. The minimum atomic E-state index is 0.583. The molecule has 8 atom stereocenters. The van der Waals surface area contributed by atoms with E-state index in [1.54, 1.807) is 0 Å². The van der Waals surface area contributed by atoms with Gasteiger partial charge in [-0.25, -0.2) is 0 Å². The molecule has 2 bridgehead atoms. The number of carbonyl (C=O) groups is 1. The topological polar surface area (TPSA) is 17.1 Å². The van der Waals surface area contributed by atoms with E-state index < -0.39 is 0 Å². The lowest BCUT2D eigenvalue weighted by Gasteiger charge is -2.43. The Labute approximate surface area is 71.5 Å². The Morgan fingerprint density at radius 1 is 0.833 bits per heavy atom. The molecule has 5 rings (SSSR count). The lowest BCUT2D eigenvalue weighted by molar-refractivity contribution is -0.132. The zero-order chi connectivity index (χ0) is 7.61. The highest BCUT2D eigenvalue weighted by Gasteiger charge is 2.80. The molecule has 0 aromatic heterocycles. The van der Waals surface area contributed by atoms with E-state index in [1.165, 1.54) is 12.8 Å². The summed E-state index contributed by atoms with van der Waals surface area (Å²) in [6, 6.07) is 0. The second-order valence-corrected chi connectivity index (χ2v) is 5.74. The van der Waals surface area contributed by atoms with Crippen molar-refractivity contribution in [2.24, 2.45) is 47.3 Å². The molecule has 0 unspecified atom stereocenters. The van der Waals surface area contributed by atoms with Crippen LogP contribution in [0.25, 0.3) is 0 Å². The van der Waals surface area contributed by atoms with Crippen LogP contribution in [0.3, 0.4) is 0 Å². The Balaban J connectivity index is 1.91. The van der Waals surface area contributed by atoms with Crippen LogP contribution < -0.4 is 0 Å². The van der Waals surface area contributed by atoms with Gasteiger partial charge in [-0.3, -0.25) is 4.79 Å². The molecule has 0 aromatic carbocycles. The number of hydrogen-bond acceptors (Lipinski definition) is 1. The maximum atomic E-state index is 11.9. The van der Waals surface area contributed by atoms with Crippen LogP contribution in [0.2, 0.25) is 0 Å². The maximum Gasteiger partial charge on any atom is 0.140 e. The highest BCUT2D eigenvalue weighted by Crippen LogP contribution is 2.81. The molecule has 1 heteroatoms. The SMILES string of the molecule is O=C1[C@@H]2[C@@H]3C[C@H]4[C@H]1[C@@H]1[C@H]2C[C@H]3[C@H]41. The Morgan fingerprint density at radius 3 is 2.50 bits per heavy atom. The number of ketones is 1. The van der Waals surface area contributed by atoms with Crippen molar-refractivity contribution in [3.8, 4) is 0 Å². The molecule has 0 heterocycles. The number of hydrogen-bond donors (Lipinski definition) is 0. The molecule has 0 amide bonds. The third-order valence-electron chi connectivity index (χ3n) is 6.02. The Kier molecular flexibility index (Phi) is 0.547. The van der Waals surface area contributed by atoms with Gasteiger partial charge in [-0.2, -0.15) is 0 Å². The lowest BCUT2D eigenvalue weighted by Crippen LogP contribution is -2.44. The van der Waals surface area contributed by atoms with E-state index >= 15 is 0 Å². The molecule has 62 valence electrons. The van der Waals surface area contributed by atoms with Crippen molar-refractivity contribution in [1.29, 1.82) is 0 Å². The van der Waals surface area contributed by atoms with Gasteiger partial charge in [0, 0.05) is 11.8 Å². The van der Waals surface area contributed by atoms with Gasteiger partial charge in [-0.15, -0.1) is 0 Å². The summed E-state index contributed by atoms with van der Waals surface area (Å²) in [7, 11) is 0. The van der Waals surface area contributed by atoms with Gasteiger partial charge in [0.2, 0.25) is 0 Å². The van der Waals surface area contributed by atoms with Gasteiger partial charge in [0.25, 0.3) is 0 Å². The average Bonchev–Trinajstić information content (AvgIpc) is 2.47. The first-order chi connectivity index (χ1) is 5.88. The fourth-order valence-corrected chi connectivity index (χ4v) is 6.10. The summed E-state index contributed by atoms with van der Waals surface area (Å²) in [5.74, 6) is 7.54. The monoisotopic (exact) mass is 160 g/mol. The van der Waals surface area contributed by atoms with Crippen molar-refractivity contribution in [2.75, 3.05) is 0 Å². The van der Waals surface area contributed by atoms with Crippen LogP contribution in [-0.2, 0) is 4.79 Å². The molecule has 5 fully saturated rings. The Morgan fingerprint density at radius 2 is 1.58 bits per heavy atom. The molecule has 1 nitrogen and oxygen atoms in total. The molecule has 12 heavy (non-hydrogen) atoms. The predicted molar refractivity (Wildman–Crippen MR) is 42.2 cm³/mol. The molecule has 0 spiro atoms. The first-order valence-electron chi connectivity index (χ1n) is 5.41. The standard InChI is InChI=1S/C11H12O/c12-11-8-4-2-5-7-3(4)1-6(8)9(7)10(5)11/h3-10H,1-2H2/t3-,4-,5-,6+,7-,8-,9-,10+/m1/s1. The zero-order valence-corrected chi connectivity index (χ0v) is 6.94. The summed E-state index contributed by atoms with van der Waals surface area (Å²) in [6.45, 7) is 0. The predicted octanol–water partition coefficient (Wildman–Crippen LogP) is 1.33. The van der Waals surface area contributed by atoms with Crippen molar-refractivity contribution >= 4 is 5.78 Å². The number of fused-ring (bicyclic) bond motifs is 2. The fraction of sp³-hybridized carbons (Fsp3) is 0.909. The second kappa shape index (κ2) is 1.21. The van der Waals surface area contributed by atoms with Crippen molar-refractivity contribution in [1.82, 2.24) is 0 Å². The third kappa shape index (κ3) is 0.272. The van der Waals surface area contributed by atoms with E-state index in [0.717, 1.165) is 35.5 Å². The summed E-state index contributed by atoms with van der Waals surface area (Å²) in [5, 5.41) is 0. The smallest absolute Gasteiger partial charge is 0.140 e. The Hall–Kier alpha value is -0.330. The highest BCUT2D eigenvalue weighted by atomic mass is 16.1. The van der Waals surface area contributed by atoms with Gasteiger partial charge in [0.1, 0.15) is 5.78 Å². The normalized spacial score (nSPS) is 79.2. The van der Waals surface area contributed by atoms with Crippen LogP contribution in [0.15, 0.2) is 0 Å². The molecular weight excluding hydrogens is 148 g/mol. The summed E-state index contributed by atoms with van der Waals surface area (Å²) >= 11 is 0. The fourth-order valence-electron chi connectivity index (χ4n) is 6.10. The summed E-state index contributed by atoms with van der Waals surface area (Å²) in [6.07, 6.45) is 2.90. The van der Waals surface area contributed by atoms with Gasteiger partial charge in [0.05, 0.1) is 0 Å². The molecule has 0 radical (unpaired) electrons. The molecule has 5 aliphatic carbocycles. The number of Topliss-reactive ketones (excluding diaryl/α,β-unsaturated/α-hetero) is 1. The average molecular weight is 160 g/mol. The zero-order valence-electron chi connectivity index (χ0n) is 6.94. The van der Waals surface area contributed by atoms with E-state index in [0.29, 0.717) is 17.6 Å². The van der Waals surface area contributed by atoms with Gasteiger partial charge >= 0.3 is 0 Å². The van der Waals surface area contributed by atoms with Crippen LogP contribution in [0.1, 0.15) is 12.8 Å². The first-order valence-corrected chi connectivity index (χ1v) is 5.41. The van der Waals surface area contributed by atoms with Gasteiger partial charge in [0.15, 0.2) is 0 Å². The van der Waals surface area contributed by atoms with E-state index in [1.807, 2.05) is 0 Å².